The highest BCUT2D eigenvalue weighted by Gasteiger charge is 2.43. The van der Waals surface area contributed by atoms with Crippen molar-refractivity contribution in [1.82, 2.24) is 10.2 Å². The van der Waals surface area contributed by atoms with Gasteiger partial charge in [-0.1, -0.05) is 19.3 Å². The Morgan fingerprint density at radius 3 is 2.72 bits per heavy atom. The van der Waals surface area contributed by atoms with Crippen LogP contribution in [-0.4, -0.2) is 49.7 Å². The van der Waals surface area contributed by atoms with Gasteiger partial charge in [0.1, 0.15) is 5.54 Å². The molecular formula is C14H26N2O2. The van der Waals surface area contributed by atoms with Gasteiger partial charge in [0.15, 0.2) is 0 Å². The third-order valence-electron chi connectivity index (χ3n) is 4.57. The molecule has 1 atom stereocenters. The fourth-order valence-electron chi connectivity index (χ4n) is 3.16. The quantitative estimate of drug-likeness (QED) is 0.770. The summed E-state index contributed by atoms with van der Waals surface area (Å²) in [6, 6.07) is 0. The van der Waals surface area contributed by atoms with Gasteiger partial charge in [-0.15, -0.1) is 0 Å². The summed E-state index contributed by atoms with van der Waals surface area (Å²) in [4.78, 5) is 14.6. The molecule has 0 amide bonds. The van der Waals surface area contributed by atoms with Crippen LogP contribution in [0.2, 0.25) is 0 Å². The average Bonchev–Trinajstić information content (AvgIpc) is 2.61. The smallest absolute Gasteiger partial charge is 0.326 e. The van der Waals surface area contributed by atoms with Crippen molar-refractivity contribution < 1.29 is 9.53 Å². The number of esters is 1. The molecule has 1 unspecified atom stereocenters. The molecule has 1 heterocycles. The van der Waals surface area contributed by atoms with Crippen LogP contribution < -0.4 is 5.32 Å². The van der Waals surface area contributed by atoms with E-state index in [2.05, 4.69) is 17.1 Å². The van der Waals surface area contributed by atoms with Crippen LogP contribution in [0.3, 0.4) is 0 Å². The van der Waals surface area contributed by atoms with Crippen LogP contribution in [0.15, 0.2) is 0 Å². The molecule has 4 heteroatoms. The van der Waals surface area contributed by atoms with E-state index >= 15 is 0 Å². The van der Waals surface area contributed by atoms with E-state index in [4.69, 9.17) is 4.74 Å². The van der Waals surface area contributed by atoms with Crippen molar-refractivity contribution >= 4 is 5.97 Å². The van der Waals surface area contributed by atoms with Gasteiger partial charge in [-0.05, 0) is 32.2 Å². The van der Waals surface area contributed by atoms with Gasteiger partial charge in [0.05, 0.1) is 7.11 Å². The SMILES string of the molecule is COC(=O)C(C)(CC1CCC1)N1CCCNCC1. The summed E-state index contributed by atoms with van der Waals surface area (Å²) >= 11 is 0. The Labute approximate surface area is 110 Å². The van der Waals surface area contributed by atoms with Crippen molar-refractivity contribution in [3.8, 4) is 0 Å². The highest BCUT2D eigenvalue weighted by Crippen LogP contribution is 2.36. The van der Waals surface area contributed by atoms with Gasteiger partial charge in [0.2, 0.25) is 0 Å². The second kappa shape index (κ2) is 6.02. The molecule has 0 aromatic heterocycles. The molecule has 2 fully saturated rings. The topological polar surface area (TPSA) is 41.6 Å². The summed E-state index contributed by atoms with van der Waals surface area (Å²) in [6.07, 6.45) is 5.94. The Morgan fingerprint density at radius 1 is 1.33 bits per heavy atom. The van der Waals surface area contributed by atoms with Crippen LogP contribution in [-0.2, 0) is 9.53 Å². The zero-order valence-corrected chi connectivity index (χ0v) is 11.7. The number of carbonyl (C=O) groups is 1. The monoisotopic (exact) mass is 254 g/mol. The van der Waals surface area contributed by atoms with Crippen LogP contribution in [0.1, 0.15) is 39.0 Å². The molecule has 2 rings (SSSR count). The van der Waals surface area contributed by atoms with Gasteiger partial charge < -0.3 is 10.1 Å². The molecule has 0 aromatic rings. The standard InChI is InChI=1S/C14H26N2O2/c1-14(13(17)18-2,11-12-5-3-6-12)16-9-4-7-15-8-10-16/h12,15H,3-11H2,1-2H3. The van der Waals surface area contributed by atoms with Crippen LogP contribution in [0.5, 0.6) is 0 Å². The second-order valence-corrected chi connectivity index (χ2v) is 5.86. The summed E-state index contributed by atoms with van der Waals surface area (Å²) in [5, 5.41) is 3.39. The predicted molar refractivity (Wildman–Crippen MR) is 71.4 cm³/mol. The summed E-state index contributed by atoms with van der Waals surface area (Å²) in [6.45, 7) is 6.03. The van der Waals surface area contributed by atoms with Crippen molar-refractivity contribution in [3.05, 3.63) is 0 Å². The fraction of sp³-hybridized carbons (Fsp3) is 0.929. The Kier molecular flexibility index (Phi) is 4.62. The molecule has 104 valence electrons. The minimum atomic E-state index is -0.425. The lowest BCUT2D eigenvalue weighted by atomic mass is 9.76. The number of rotatable bonds is 4. The van der Waals surface area contributed by atoms with Crippen LogP contribution in [0, 0.1) is 5.92 Å². The average molecular weight is 254 g/mol. The van der Waals surface area contributed by atoms with Crippen molar-refractivity contribution in [2.24, 2.45) is 5.92 Å². The number of nitrogens with zero attached hydrogens (tertiary/aromatic N) is 1. The number of hydrogen-bond acceptors (Lipinski definition) is 4. The molecule has 0 radical (unpaired) electrons. The largest absolute Gasteiger partial charge is 0.468 e. The first-order valence-corrected chi connectivity index (χ1v) is 7.21. The molecule has 0 bridgehead atoms. The Balaban J connectivity index is 2.07. The maximum atomic E-state index is 12.2. The van der Waals surface area contributed by atoms with Crippen molar-refractivity contribution in [2.75, 3.05) is 33.3 Å². The highest BCUT2D eigenvalue weighted by molar-refractivity contribution is 5.80. The van der Waals surface area contributed by atoms with E-state index in [0.29, 0.717) is 5.92 Å². The zero-order valence-electron chi connectivity index (χ0n) is 11.7. The van der Waals surface area contributed by atoms with E-state index < -0.39 is 5.54 Å². The van der Waals surface area contributed by atoms with Gasteiger partial charge >= 0.3 is 5.97 Å². The van der Waals surface area contributed by atoms with E-state index in [9.17, 15) is 4.79 Å². The highest BCUT2D eigenvalue weighted by atomic mass is 16.5. The third kappa shape index (κ3) is 2.86. The lowest BCUT2D eigenvalue weighted by Crippen LogP contribution is -2.55. The van der Waals surface area contributed by atoms with Crippen molar-refractivity contribution in [1.29, 1.82) is 0 Å². The third-order valence-corrected chi connectivity index (χ3v) is 4.57. The first kappa shape index (κ1) is 13.8. The van der Waals surface area contributed by atoms with E-state index in [-0.39, 0.29) is 5.97 Å². The predicted octanol–water partition coefficient (Wildman–Crippen LogP) is 1.40. The van der Waals surface area contributed by atoms with E-state index in [0.717, 1.165) is 39.0 Å². The number of hydrogen-bond donors (Lipinski definition) is 1. The number of carbonyl (C=O) groups excluding carboxylic acids is 1. The van der Waals surface area contributed by atoms with Crippen molar-refractivity contribution in [3.63, 3.8) is 0 Å². The van der Waals surface area contributed by atoms with Crippen LogP contribution in [0.25, 0.3) is 0 Å². The fourth-order valence-corrected chi connectivity index (χ4v) is 3.16. The molecule has 2 aliphatic rings. The van der Waals surface area contributed by atoms with Crippen molar-refractivity contribution in [2.45, 2.75) is 44.6 Å². The molecule has 1 aliphatic heterocycles. The second-order valence-electron chi connectivity index (χ2n) is 5.86. The lowest BCUT2D eigenvalue weighted by molar-refractivity contribution is -0.156. The Hall–Kier alpha value is -0.610. The zero-order chi connectivity index (χ0) is 13.0. The van der Waals surface area contributed by atoms with Gasteiger partial charge in [-0.3, -0.25) is 9.69 Å². The lowest BCUT2D eigenvalue weighted by Gasteiger charge is -2.42. The minimum Gasteiger partial charge on any atom is -0.468 e. The molecule has 1 saturated carbocycles. The molecular weight excluding hydrogens is 228 g/mol. The molecule has 1 saturated heterocycles. The normalized spacial score (nSPS) is 25.9. The van der Waals surface area contributed by atoms with Crippen LogP contribution >= 0.6 is 0 Å². The van der Waals surface area contributed by atoms with Gasteiger partial charge in [0.25, 0.3) is 0 Å². The van der Waals surface area contributed by atoms with Gasteiger partial charge in [-0.25, -0.2) is 0 Å². The number of ether oxygens (including phenoxy) is 1. The van der Waals surface area contributed by atoms with Gasteiger partial charge in [0, 0.05) is 19.6 Å². The molecule has 4 nitrogen and oxygen atoms in total. The van der Waals surface area contributed by atoms with E-state index in [1.807, 2.05) is 0 Å². The molecule has 0 spiro atoms. The maximum absolute atomic E-state index is 12.2. The summed E-state index contributed by atoms with van der Waals surface area (Å²) in [7, 11) is 1.51. The number of methoxy groups -OCH3 is 1. The van der Waals surface area contributed by atoms with Crippen LogP contribution in [0.4, 0.5) is 0 Å². The first-order chi connectivity index (χ1) is 8.66. The minimum absolute atomic E-state index is 0.0590. The first-order valence-electron chi connectivity index (χ1n) is 7.21. The molecule has 0 aromatic carbocycles. The Morgan fingerprint density at radius 2 is 2.11 bits per heavy atom. The Bertz CT molecular complexity index is 284. The van der Waals surface area contributed by atoms with E-state index in [1.165, 1.54) is 26.4 Å². The molecule has 1 N–H and O–H groups in total. The summed E-state index contributed by atoms with van der Waals surface area (Å²) in [5.41, 5.74) is -0.425. The molecule has 1 aliphatic carbocycles. The van der Waals surface area contributed by atoms with E-state index in [1.54, 1.807) is 0 Å². The summed E-state index contributed by atoms with van der Waals surface area (Å²) < 4.78 is 5.08. The van der Waals surface area contributed by atoms with Gasteiger partial charge in [-0.2, -0.15) is 0 Å². The number of nitrogens with one attached hydrogen (secondary N) is 1. The molecule has 18 heavy (non-hydrogen) atoms. The summed E-state index contributed by atoms with van der Waals surface area (Å²) in [5.74, 6) is 0.654. The maximum Gasteiger partial charge on any atom is 0.326 e.